The summed E-state index contributed by atoms with van der Waals surface area (Å²) in [5.41, 5.74) is -0.0101. The van der Waals surface area contributed by atoms with Crippen molar-refractivity contribution in [3.8, 4) is 22.6 Å². The highest BCUT2D eigenvalue weighted by Crippen LogP contribution is 2.40. The molecule has 0 saturated heterocycles. The van der Waals surface area contributed by atoms with E-state index in [1.165, 1.54) is 49.8 Å². The predicted octanol–water partition coefficient (Wildman–Crippen LogP) is 5.53. The summed E-state index contributed by atoms with van der Waals surface area (Å²) in [5.74, 6) is -2.20. The van der Waals surface area contributed by atoms with E-state index in [4.69, 9.17) is 4.74 Å². The summed E-state index contributed by atoms with van der Waals surface area (Å²) >= 11 is 0. The van der Waals surface area contributed by atoms with Crippen molar-refractivity contribution in [2.45, 2.75) is 11.8 Å². The van der Waals surface area contributed by atoms with Crippen LogP contribution in [0.25, 0.3) is 22.0 Å². The number of aryl methyl sites for hydroxylation is 2. The first-order chi connectivity index (χ1) is 18.5. The van der Waals surface area contributed by atoms with Gasteiger partial charge in [-0.3, -0.25) is 14.9 Å². The average Bonchev–Trinajstić information content (AvgIpc) is 3.35. The van der Waals surface area contributed by atoms with E-state index in [1.807, 2.05) is 0 Å². The van der Waals surface area contributed by atoms with Crippen molar-refractivity contribution >= 4 is 26.6 Å². The number of non-ortho nitro benzene ring substituents is 1. The van der Waals surface area contributed by atoms with Gasteiger partial charge in [-0.1, -0.05) is 17.7 Å². The number of aromatic nitrogens is 2. The summed E-state index contributed by atoms with van der Waals surface area (Å²) in [5, 5.41) is 11.7. The van der Waals surface area contributed by atoms with Crippen LogP contribution >= 0.6 is 0 Å². The zero-order valence-corrected chi connectivity index (χ0v) is 21.3. The molecule has 0 atom stereocenters. The Hall–Kier alpha value is -4.84. The van der Waals surface area contributed by atoms with E-state index in [0.29, 0.717) is 6.07 Å². The molecule has 0 radical (unpaired) electrons. The predicted molar refractivity (Wildman–Crippen MR) is 139 cm³/mol. The molecule has 2 heterocycles. The fraction of sp³-hybridized carbons (Fsp3) is 0.0741. The lowest BCUT2D eigenvalue weighted by Crippen LogP contribution is -2.22. The molecule has 12 heteroatoms. The average molecular weight is 552 g/mol. The number of hydrogen-bond donors (Lipinski definition) is 0. The van der Waals surface area contributed by atoms with Crippen molar-refractivity contribution in [1.82, 2.24) is 8.54 Å². The number of benzene rings is 3. The molecular formula is C27H19F2N3O6S. The molecule has 0 saturated carbocycles. The maximum absolute atomic E-state index is 14.4. The quantitative estimate of drug-likeness (QED) is 0.203. The van der Waals surface area contributed by atoms with Crippen molar-refractivity contribution in [3.63, 3.8) is 0 Å². The molecule has 0 amide bonds. The molecule has 5 rings (SSSR count). The second-order valence-electron chi connectivity index (χ2n) is 8.77. The highest BCUT2D eigenvalue weighted by molar-refractivity contribution is 7.90. The monoisotopic (exact) mass is 551 g/mol. The zero-order valence-electron chi connectivity index (χ0n) is 20.5. The number of fused-ring (bicyclic) bond motifs is 1. The second kappa shape index (κ2) is 9.48. The van der Waals surface area contributed by atoms with Crippen molar-refractivity contribution in [2.24, 2.45) is 7.05 Å². The van der Waals surface area contributed by atoms with Crippen molar-refractivity contribution in [2.75, 3.05) is 0 Å². The van der Waals surface area contributed by atoms with Gasteiger partial charge in [0.05, 0.1) is 9.82 Å². The molecule has 198 valence electrons. The van der Waals surface area contributed by atoms with Gasteiger partial charge in [0.1, 0.15) is 17.1 Å². The van der Waals surface area contributed by atoms with Crippen molar-refractivity contribution in [1.29, 1.82) is 0 Å². The lowest BCUT2D eigenvalue weighted by atomic mass is 10.0. The van der Waals surface area contributed by atoms with Crippen LogP contribution in [0, 0.1) is 28.7 Å². The maximum Gasteiger partial charge on any atom is 0.275 e. The molecular weight excluding hydrogens is 532 g/mol. The SMILES string of the molecule is Cc1ccc(S(=O)(=O)n2ccc3c(-c4cc([N+](=O)[O-])ccc4Oc4ccc(F)cc4F)cn(C)c(=O)c32)cc1. The second-order valence-corrected chi connectivity index (χ2v) is 10.6. The first-order valence-corrected chi connectivity index (χ1v) is 12.9. The van der Waals surface area contributed by atoms with Crippen LogP contribution in [0.3, 0.4) is 0 Å². The molecule has 3 aromatic carbocycles. The number of nitro benzene ring substituents is 1. The van der Waals surface area contributed by atoms with Crippen molar-refractivity contribution < 1.29 is 26.9 Å². The molecule has 0 unspecified atom stereocenters. The summed E-state index contributed by atoms with van der Waals surface area (Å²) in [7, 11) is -2.79. The summed E-state index contributed by atoms with van der Waals surface area (Å²) in [6.45, 7) is 1.81. The van der Waals surface area contributed by atoms with Crippen LogP contribution in [0.1, 0.15) is 5.56 Å². The third kappa shape index (κ3) is 4.55. The Bertz CT molecular complexity index is 1950. The summed E-state index contributed by atoms with van der Waals surface area (Å²) in [6.07, 6.45) is 2.60. The van der Waals surface area contributed by atoms with Gasteiger partial charge in [0.25, 0.3) is 21.3 Å². The van der Waals surface area contributed by atoms with Crippen LogP contribution in [0.4, 0.5) is 14.5 Å². The van der Waals surface area contributed by atoms with E-state index in [1.54, 1.807) is 19.1 Å². The Kier molecular flexibility index (Phi) is 6.27. The minimum absolute atomic E-state index is 0.0378. The molecule has 0 fully saturated rings. The Labute approximate surface area is 220 Å². The van der Waals surface area contributed by atoms with Crippen molar-refractivity contribution in [3.05, 3.63) is 117 Å². The number of nitro groups is 1. The van der Waals surface area contributed by atoms with Gasteiger partial charge in [0.2, 0.25) is 0 Å². The fourth-order valence-corrected chi connectivity index (χ4v) is 5.52. The van der Waals surface area contributed by atoms with E-state index in [0.717, 1.165) is 32.3 Å². The number of rotatable bonds is 6. The summed E-state index contributed by atoms with van der Waals surface area (Å²) in [4.78, 5) is 24.1. The molecule has 9 nitrogen and oxygen atoms in total. The Balaban J connectivity index is 1.76. The molecule has 0 N–H and O–H groups in total. The van der Waals surface area contributed by atoms with E-state index < -0.39 is 32.1 Å². The Morgan fingerprint density at radius 3 is 2.28 bits per heavy atom. The van der Waals surface area contributed by atoms with Gasteiger partial charge < -0.3 is 9.30 Å². The molecule has 2 aromatic heterocycles. The topological polar surface area (TPSA) is 113 Å². The molecule has 0 aliphatic carbocycles. The molecule has 0 aliphatic heterocycles. The molecule has 0 bridgehead atoms. The van der Waals surface area contributed by atoms with E-state index in [2.05, 4.69) is 0 Å². The zero-order chi connectivity index (χ0) is 28.1. The Morgan fingerprint density at radius 1 is 0.923 bits per heavy atom. The maximum atomic E-state index is 14.4. The van der Waals surface area contributed by atoms with Gasteiger partial charge in [-0.25, -0.2) is 21.2 Å². The lowest BCUT2D eigenvalue weighted by Gasteiger charge is -2.14. The third-order valence-corrected chi connectivity index (χ3v) is 7.83. The van der Waals surface area contributed by atoms with Gasteiger partial charge in [0, 0.05) is 54.2 Å². The Morgan fingerprint density at radius 2 is 1.62 bits per heavy atom. The minimum atomic E-state index is -4.19. The summed E-state index contributed by atoms with van der Waals surface area (Å²) < 4.78 is 62.4. The normalized spacial score (nSPS) is 11.6. The molecule has 5 aromatic rings. The number of pyridine rings is 1. The van der Waals surface area contributed by atoms with E-state index in [-0.39, 0.29) is 44.1 Å². The van der Waals surface area contributed by atoms with Crippen LogP contribution < -0.4 is 10.3 Å². The van der Waals surface area contributed by atoms with Crippen LogP contribution in [0.5, 0.6) is 11.5 Å². The molecule has 0 aliphatic rings. The van der Waals surface area contributed by atoms with Crippen LogP contribution in [-0.4, -0.2) is 21.9 Å². The highest BCUT2D eigenvalue weighted by atomic mass is 32.2. The van der Waals surface area contributed by atoms with E-state index in [9.17, 15) is 32.1 Å². The fourth-order valence-electron chi connectivity index (χ4n) is 4.18. The van der Waals surface area contributed by atoms with E-state index >= 15 is 0 Å². The first kappa shape index (κ1) is 25.8. The highest BCUT2D eigenvalue weighted by Gasteiger charge is 2.25. The van der Waals surface area contributed by atoms with Gasteiger partial charge >= 0.3 is 0 Å². The molecule has 0 spiro atoms. The molecule has 39 heavy (non-hydrogen) atoms. The number of halogens is 2. The van der Waals surface area contributed by atoms with Gasteiger partial charge in [-0.15, -0.1) is 0 Å². The minimum Gasteiger partial charge on any atom is -0.454 e. The first-order valence-electron chi connectivity index (χ1n) is 11.4. The largest absolute Gasteiger partial charge is 0.454 e. The van der Waals surface area contributed by atoms with Crippen LogP contribution in [0.2, 0.25) is 0 Å². The number of nitrogens with zero attached hydrogens (tertiary/aromatic N) is 3. The van der Waals surface area contributed by atoms with Gasteiger partial charge in [0.15, 0.2) is 11.6 Å². The smallest absolute Gasteiger partial charge is 0.275 e. The number of hydrogen-bond acceptors (Lipinski definition) is 6. The number of ether oxygens (including phenoxy) is 1. The standard InChI is InChI=1S/C27H19F2N3O6S/c1-16-3-7-19(8-4-16)39(36,37)31-12-11-20-22(15-30(2)27(33)26(20)31)21-14-18(32(34)35)6-10-24(21)38-25-9-5-17(28)13-23(25)29/h3-15H,1-2H3. The van der Waals surface area contributed by atoms with Gasteiger partial charge in [-0.05, 0) is 43.3 Å². The van der Waals surface area contributed by atoms with Crippen LogP contribution in [-0.2, 0) is 17.1 Å². The summed E-state index contributed by atoms with van der Waals surface area (Å²) in [6, 6.07) is 13.7. The van der Waals surface area contributed by atoms with Gasteiger partial charge in [-0.2, -0.15) is 0 Å². The van der Waals surface area contributed by atoms with Crippen LogP contribution in [0.15, 0.2) is 88.8 Å². The third-order valence-electron chi connectivity index (χ3n) is 6.14. The lowest BCUT2D eigenvalue weighted by molar-refractivity contribution is -0.384.